The van der Waals surface area contributed by atoms with Crippen LogP contribution in [0.25, 0.3) is 0 Å². The van der Waals surface area contributed by atoms with Crippen molar-refractivity contribution in [1.82, 2.24) is 9.80 Å². The van der Waals surface area contributed by atoms with Gasteiger partial charge < -0.3 is 9.64 Å². The summed E-state index contributed by atoms with van der Waals surface area (Å²) in [6.07, 6.45) is 3.69. The molecule has 4 nitrogen and oxygen atoms in total. The van der Waals surface area contributed by atoms with Crippen LogP contribution in [-0.2, 0) is 0 Å². The van der Waals surface area contributed by atoms with Gasteiger partial charge in [-0.3, -0.25) is 9.69 Å². The highest BCUT2D eigenvalue weighted by atomic mass is 16.5. The normalized spacial score (nSPS) is 20.5. The minimum atomic E-state index is 0.133. The van der Waals surface area contributed by atoms with Crippen molar-refractivity contribution in [2.75, 3.05) is 26.2 Å². The molecule has 1 unspecified atom stereocenters. The van der Waals surface area contributed by atoms with E-state index in [9.17, 15) is 4.79 Å². The van der Waals surface area contributed by atoms with Gasteiger partial charge in [0.05, 0.1) is 0 Å². The third-order valence-corrected chi connectivity index (χ3v) is 5.47. The maximum Gasteiger partial charge on any atom is 0.253 e. The molecule has 2 saturated heterocycles. The molecular weight excluding hydrogens is 324 g/mol. The van der Waals surface area contributed by atoms with Crippen molar-refractivity contribution < 1.29 is 9.53 Å². The smallest absolute Gasteiger partial charge is 0.253 e. The SMILES string of the molecule is Cc1ccc(Oc2ccc(C(=O)N3CCC(N4CCCC4)C3)cc2)cc1. The van der Waals surface area contributed by atoms with Gasteiger partial charge in [-0.05, 0) is 75.7 Å². The number of amides is 1. The fraction of sp³-hybridized carbons (Fsp3) is 0.409. The molecule has 0 saturated carbocycles. The number of benzene rings is 2. The van der Waals surface area contributed by atoms with Crippen LogP contribution in [0, 0.1) is 6.92 Å². The monoisotopic (exact) mass is 350 g/mol. The van der Waals surface area contributed by atoms with Crippen molar-refractivity contribution >= 4 is 5.91 Å². The summed E-state index contributed by atoms with van der Waals surface area (Å²) < 4.78 is 5.85. The van der Waals surface area contributed by atoms with Crippen LogP contribution < -0.4 is 4.74 Å². The number of hydrogen-bond donors (Lipinski definition) is 0. The molecule has 0 aromatic heterocycles. The van der Waals surface area contributed by atoms with Crippen LogP contribution in [0.5, 0.6) is 11.5 Å². The van der Waals surface area contributed by atoms with Gasteiger partial charge in [0.1, 0.15) is 11.5 Å². The number of carbonyl (C=O) groups excluding carboxylic acids is 1. The van der Waals surface area contributed by atoms with Crippen LogP contribution in [0.1, 0.15) is 35.2 Å². The zero-order chi connectivity index (χ0) is 17.9. The van der Waals surface area contributed by atoms with Gasteiger partial charge in [-0.15, -0.1) is 0 Å². The molecule has 136 valence electrons. The fourth-order valence-corrected chi connectivity index (χ4v) is 3.92. The van der Waals surface area contributed by atoms with Gasteiger partial charge in [-0.2, -0.15) is 0 Å². The van der Waals surface area contributed by atoms with Crippen molar-refractivity contribution in [2.45, 2.75) is 32.2 Å². The molecular formula is C22H26N2O2. The van der Waals surface area contributed by atoms with Gasteiger partial charge in [0.25, 0.3) is 5.91 Å². The van der Waals surface area contributed by atoms with Gasteiger partial charge in [0.15, 0.2) is 0 Å². The van der Waals surface area contributed by atoms with E-state index < -0.39 is 0 Å². The second-order valence-electron chi connectivity index (χ2n) is 7.38. The molecule has 0 radical (unpaired) electrons. The lowest BCUT2D eigenvalue weighted by Crippen LogP contribution is -2.37. The molecule has 2 aliphatic heterocycles. The highest BCUT2D eigenvalue weighted by Gasteiger charge is 2.31. The van der Waals surface area contributed by atoms with Crippen molar-refractivity contribution in [2.24, 2.45) is 0 Å². The lowest BCUT2D eigenvalue weighted by atomic mass is 10.2. The first-order chi connectivity index (χ1) is 12.7. The average molecular weight is 350 g/mol. The lowest BCUT2D eigenvalue weighted by Gasteiger charge is -2.23. The van der Waals surface area contributed by atoms with Crippen LogP contribution in [0.4, 0.5) is 0 Å². The molecule has 1 atom stereocenters. The van der Waals surface area contributed by atoms with E-state index in [4.69, 9.17) is 4.74 Å². The predicted molar refractivity (Wildman–Crippen MR) is 103 cm³/mol. The number of rotatable bonds is 4. The largest absolute Gasteiger partial charge is 0.457 e. The average Bonchev–Trinajstić information content (AvgIpc) is 3.35. The highest BCUT2D eigenvalue weighted by molar-refractivity contribution is 5.94. The molecule has 0 bridgehead atoms. The fourth-order valence-electron chi connectivity index (χ4n) is 3.92. The second-order valence-corrected chi connectivity index (χ2v) is 7.38. The number of carbonyl (C=O) groups is 1. The standard InChI is InChI=1S/C22H26N2O2/c1-17-4-8-20(9-5-17)26-21-10-6-18(7-11-21)22(25)24-15-12-19(16-24)23-13-2-3-14-23/h4-11,19H,2-3,12-16H2,1H3. The summed E-state index contributed by atoms with van der Waals surface area (Å²) in [4.78, 5) is 17.3. The number of likely N-dealkylation sites (tertiary alicyclic amines) is 2. The Labute approximate surface area is 155 Å². The number of hydrogen-bond acceptors (Lipinski definition) is 3. The Bertz CT molecular complexity index is 749. The molecule has 2 heterocycles. The Morgan fingerprint density at radius 3 is 2.19 bits per heavy atom. The Kier molecular flexibility index (Phi) is 4.93. The Morgan fingerprint density at radius 1 is 0.923 bits per heavy atom. The minimum absolute atomic E-state index is 0.133. The van der Waals surface area contributed by atoms with Crippen LogP contribution in [0.2, 0.25) is 0 Å². The van der Waals surface area contributed by atoms with Crippen LogP contribution in [-0.4, -0.2) is 47.9 Å². The minimum Gasteiger partial charge on any atom is -0.457 e. The Morgan fingerprint density at radius 2 is 1.54 bits per heavy atom. The predicted octanol–water partition coefficient (Wildman–Crippen LogP) is 4.10. The van der Waals surface area contributed by atoms with Crippen molar-refractivity contribution in [3.63, 3.8) is 0 Å². The molecule has 2 fully saturated rings. The second kappa shape index (κ2) is 7.50. The molecule has 1 amide bonds. The summed E-state index contributed by atoms with van der Waals surface area (Å²) in [6, 6.07) is 16.0. The lowest BCUT2D eigenvalue weighted by molar-refractivity contribution is 0.0780. The first-order valence-corrected chi connectivity index (χ1v) is 9.57. The van der Waals surface area contributed by atoms with Gasteiger partial charge >= 0.3 is 0 Å². The van der Waals surface area contributed by atoms with E-state index in [2.05, 4.69) is 11.8 Å². The summed E-state index contributed by atoms with van der Waals surface area (Å²) in [7, 11) is 0. The Balaban J connectivity index is 1.37. The molecule has 2 aromatic rings. The van der Waals surface area contributed by atoms with Gasteiger partial charge in [-0.25, -0.2) is 0 Å². The van der Waals surface area contributed by atoms with Gasteiger partial charge in [-0.1, -0.05) is 17.7 Å². The molecule has 0 N–H and O–H groups in total. The van der Waals surface area contributed by atoms with Crippen molar-refractivity contribution in [3.05, 3.63) is 59.7 Å². The van der Waals surface area contributed by atoms with E-state index in [1.807, 2.05) is 53.4 Å². The van der Waals surface area contributed by atoms with Gasteiger partial charge in [0.2, 0.25) is 0 Å². The van der Waals surface area contributed by atoms with Gasteiger partial charge in [0, 0.05) is 24.7 Å². The summed E-state index contributed by atoms with van der Waals surface area (Å²) >= 11 is 0. The summed E-state index contributed by atoms with van der Waals surface area (Å²) in [5, 5.41) is 0. The molecule has 0 spiro atoms. The first-order valence-electron chi connectivity index (χ1n) is 9.57. The van der Waals surface area contributed by atoms with E-state index in [1.165, 1.54) is 31.5 Å². The molecule has 4 rings (SSSR count). The third kappa shape index (κ3) is 3.75. The van der Waals surface area contributed by atoms with E-state index in [1.54, 1.807) is 0 Å². The Hall–Kier alpha value is -2.33. The summed E-state index contributed by atoms with van der Waals surface area (Å²) in [5.41, 5.74) is 1.94. The molecule has 2 aromatic carbocycles. The number of aryl methyl sites for hydroxylation is 1. The van der Waals surface area contributed by atoms with Crippen LogP contribution in [0.15, 0.2) is 48.5 Å². The maximum atomic E-state index is 12.8. The zero-order valence-electron chi connectivity index (χ0n) is 15.4. The number of ether oxygens (including phenoxy) is 1. The number of nitrogens with zero attached hydrogens (tertiary/aromatic N) is 2. The third-order valence-electron chi connectivity index (χ3n) is 5.47. The van der Waals surface area contributed by atoms with E-state index >= 15 is 0 Å². The van der Waals surface area contributed by atoms with Crippen molar-refractivity contribution in [1.29, 1.82) is 0 Å². The quantitative estimate of drug-likeness (QED) is 0.832. The van der Waals surface area contributed by atoms with E-state index in [0.29, 0.717) is 6.04 Å². The topological polar surface area (TPSA) is 32.8 Å². The molecule has 4 heteroatoms. The summed E-state index contributed by atoms with van der Waals surface area (Å²) in [6.45, 7) is 6.16. The van der Waals surface area contributed by atoms with Crippen LogP contribution in [0.3, 0.4) is 0 Å². The van der Waals surface area contributed by atoms with Crippen molar-refractivity contribution in [3.8, 4) is 11.5 Å². The molecule has 26 heavy (non-hydrogen) atoms. The van der Waals surface area contributed by atoms with Crippen LogP contribution >= 0.6 is 0 Å². The zero-order valence-corrected chi connectivity index (χ0v) is 15.4. The van der Waals surface area contributed by atoms with E-state index in [-0.39, 0.29) is 5.91 Å². The first kappa shape index (κ1) is 17.1. The van der Waals surface area contributed by atoms with E-state index in [0.717, 1.165) is 36.6 Å². The summed E-state index contributed by atoms with van der Waals surface area (Å²) in [5.74, 6) is 1.69. The molecule has 0 aliphatic carbocycles. The highest BCUT2D eigenvalue weighted by Crippen LogP contribution is 2.24. The maximum absolute atomic E-state index is 12.8. The molecule has 2 aliphatic rings.